The average Bonchev–Trinajstić information content (AvgIpc) is 3.03. The summed E-state index contributed by atoms with van der Waals surface area (Å²) in [6, 6.07) is 18.4. The Bertz CT molecular complexity index is 1080. The van der Waals surface area contributed by atoms with Crippen molar-refractivity contribution in [2.24, 2.45) is 0 Å². The van der Waals surface area contributed by atoms with E-state index in [0.29, 0.717) is 27.9 Å². The Labute approximate surface area is 137 Å². The molecule has 5 nitrogen and oxygen atoms in total. The number of rotatable bonds is 3. The number of carbonyl (C=O) groups excluding carboxylic acids is 1. The minimum absolute atomic E-state index is 0.168. The van der Waals surface area contributed by atoms with Crippen molar-refractivity contribution in [1.29, 1.82) is 0 Å². The Morgan fingerprint density at radius 3 is 2.29 bits per heavy atom. The van der Waals surface area contributed by atoms with Gasteiger partial charge in [-0.15, -0.1) is 0 Å². The van der Waals surface area contributed by atoms with Crippen LogP contribution < -0.4 is 5.56 Å². The molecule has 2 N–H and O–H groups in total. The fourth-order valence-corrected chi connectivity index (χ4v) is 2.84. The topological polar surface area (TPSA) is 78.6 Å². The molecule has 0 aliphatic carbocycles. The lowest BCUT2D eigenvalue weighted by molar-refractivity contribution is 0.103. The van der Waals surface area contributed by atoms with Gasteiger partial charge in [0.25, 0.3) is 5.56 Å². The number of fused-ring (bicyclic) bond motifs is 1. The van der Waals surface area contributed by atoms with E-state index >= 15 is 0 Å². The van der Waals surface area contributed by atoms with Crippen LogP contribution >= 0.6 is 0 Å². The summed E-state index contributed by atoms with van der Waals surface area (Å²) < 4.78 is 0. The molecule has 2 aromatic carbocycles. The fourth-order valence-electron chi connectivity index (χ4n) is 2.84. The number of hydrogen-bond acceptors (Lipinski definition) is 3. The van der Waals surface area contributed by atoms with Gasteiger partial charge in [0.1, 0.15) is 5.65 Å². The highest BCUT2D eigenvalue weighted by molar-refractivity contribution is 6.16. The third kappa shape index (κ3) is 2.23. The molecule has 0 aliphatic rings. The maximum Gasteiger partial charge on any atom is 0.282 e. The van der Waals surface area contributed by atoms with E-state index in [9.17, 15) is 9.59 Å². The molecule has 0 amide bonds. The third-order valence-electron chi connectivity index (χ3n) is 3.93. The van der Waals surface area contributed by atoms with Crippen molar-refractivity contribution in [2.45, 2.75) is 0 Å². The zero-order chi connectivity index (χ0) is 16.5. The molecular weight excluding hydrogens is 302 g/mol. The van der Waals surface area contributed by atoms with Crippen molar-refractivity contribution in [3.8, 4) is 11.1 Å². The minimum atomic E-state index is -0.369. The molecule has 5 heteroatoms. The summed E-state index contributed by atoms with van der Waals surface area (Å²) in [5, 5.41) is 0.392. The predicted molar refractivity (Wildman–Crippen MR) is 92.0 cm³/mol. The van der Waals surface area contributed by atoms with Gasteiger partial charge in [0.05, 0.1) is 17.4 Å². The van der Waals surface area contributed by atoms with Gasteiger partial charge in [-0.05, 0) is 5.56 Å². The van der Waals surface area contributed by atoms with E-state index in [-0.39, 0.29) is 11.3 Å². The maximum absolute atomic E-state index is 13.0. The molecule has 116 valence electrons. The van der Waals surface area contributed by atoms with Gasteiger partial charge in [-0.2, -0.15) is 4.98 Å². The number of hydrogen-bond donors (Lipinski definition) is 2. The smallest absolute Gasteiger partial charge is 0.282 e. The molecule has 0 saturated heterocycles. The fraction of sp³-hybridized carbons (Fsp3) is 0. The number of benzene rings is 2. The Balaban J connectivity index is 2.04. The molecule has 24 heavy (non-hydrogen) atoms. The van der Waals surface area contributed by atoms with Crippen molar-refractivity contribution >= 4 is 16.8 Å². The quantitative estimate of drug-likeness (QED) is 0.570. The first kappa shape index (κ1) is 14.1. The van der Waals surface area contributed by atoms with Gasteiger partial charge >= 0.3 is 0 Å². The van der Waals surface area contributed by atoms with Crippen LogP contribution in [0, 0.1) is 0 Å². The second-order valence-corrected chi connectivity index (χ2v) is 5.39. The van der Waals surface area contributed by atoms with E-state index < -0.39 is 0 Å². The van der Waals surface area contributed by atoms with Crippen molar-refractivity contribution in [3.63, 3.8) is 0 Å². The van der Waals surface area contributed by atoms with Crippen LogP contribution in [0.4, 0.5) is 0 Å². The van der Waals surface area contributed by atoms with Crippen LogP contribution in [0.15, 0.2) is 71.8 Å². The van der Waals surface area contributed by atoms with Crippen molar-refractivity contribution < 1.29 is 4.79 Å². The maximum atomic E-state index is 13.0. The summed E-state index contributed by atoms with van der Waals surface area (Å²) in [5.41, 5.74) is 2.43. The highest BCUT2D eigenvalue weighted by Gasteiger charge is 2.22. The first-order valence-electron chi connectivity index (χ1n) is 7.50. The average molecular weight is 315 g/mol. The summed E-state index contributed by atoms with van der Waals surface area (Å²) in [6.45, 7) is 0. The van der Waals surface area contributed by atoms with Gasteiger partial charge in [-0.3, -0.25) is 9.59 Å². The first-order valence-corrected chi connectivity index (χ1v) is 7.50. The minimum Gasteiger partial charge on any atom is -0.337 e. The van der Waals surface area contributed by atoms with Gasteiger partial charge in [-0.1, -0.05) is 60.7 Å². The molecule has 0 fully saturated rings. The van der Waals surface area contributed by atoms with Gasteiger partial charge < -0.3 is 9.97 Å². The number of carbonyl (C=O) groups is 1. The van der Waals surface area contributed by atoms with Crippen LogP contribution in [0.5, 0.6) is 0 Å². The Kier molecular flexibility index (Phi) is 3.31. The summed E-state index contributed by atoms with van der Waals surface area (Å²) in [4.78, 5) is 35.0. The van der Waals surface area contributed by atoms with Gasteiger partial charge in [0, 0.05) is 11.1 Å². The van der Waals surface area contributed by atoms with Crippen LogP contribution in [0.25, 0.3) is 22.2 Å². The Hall–Kier alpha value is -3.47. The lowest BCUT2D eigenvalue weighted by atomic mass is 9.98. The second-order valence-electron chi connectivity index (χ2n) is 5.39. The standard InChI is InChI=1S/C19H13N3O2/c23-17(13-9-5-2-6-10-13)16-14(12-7-3-1-4-8-12)15-18(22-16)20-11-21-19(15)24/h1-11H,(H2,20,21,22,24). The number of nitrogens with one attached hydrogen (secondary N) is 2. The number of H-pyrrole nitrogens is 2. The lowest BCUT2D eigenvalue weighted by Gasteiger charge is -2.04. The van der Waals surface area contributed by atoms with Crippen LogP contribution in [0.1, 0.15) is 16.1 Å². The van der Waals surface area contributed by atoms with Gasteiger partial charge in [0.15, 0.2) is 0 Å². The summed E-state index contributed by atoms with van der Waals surface area (Å²) in [5.74, 6) is -0.168. The number of ketones is 1. The monoisotopic (exact) mass is 315 g/mol. The lowest BCUT2D eigenvalue weighted by Crippen LogP contribution is -2.06. The predicted octanol–water partition coefficient (Wildman–Crippen LogP) is 3.15. The summed E-state index contributed by atoms with van der Waals surface area (Å²) >= 11 is 0. The van der Waals surface area contributed by atoms with Crippen molar-refractivity contribution in [3.05, 3.63) is 88.6 Å². The number of aromatic amines is 2. The van der Waals surface area contributed by atoms with E-state index in [1.807, 2.05) is 48.5 Å². The first-order chi connectivity index (χ1) is 11.8. The third-order valence-corrected chi connectivity index (χ3v) is 3.93. The highest BCUT2D eigenvalue weighted by Crippen LogP contribution is 2.30. The number of aromatic nitrogens is 3. The van der Waals surface area contributed by atoms with E-state index in [1.165, 1.54) is 6.33 Å². The molecule has 0 unspecified atom stereocenters. The highest BCUT2D eigenvalue weighted by atomic mass is 16.1. The SMILES string of the molecule is O=C(c1ccccc1)c1[nH]c2[nH]cnc(=O)c2c1-c1ccccc1. The van der Waals surface area contributed by atoms with Crippen LogP contribution in [0.2, 0.25) is 0 Å². The van der Waals surface area contributed by atoms with E-state index in [4.69, 9.17) is 0 Å². The molecule has 2 heterocycles. The Morgan fingerprint density at radius 1 is 0.917 bits per heavy atom. The van der Waals surface area contributed by atoms with Crippen LogP contribution in [-0.2, 0) is 0 Å². The van der Waals surface area contributed by atoms with Crippen molar-refractivity contribution in [2.75, 3.05) is 0 Å². The Morgan fingerprint density at radius 2 is 1.58 bits per heavy atom. The molecule has 0 atom stereocenters. The molecule has 0 aliphatic heterocycles. The molecule has 2 aromatic heterocycles. The number of nitrogens with zero attached hydrogens (tertiary/aromatic N) is 1. The van der Waals surface area contributed by atoms with Gasteiger partial charge in [0.2, 0.25) is 5.78 Å². The molecule has 4 rings (SSSR count). The van der Waals surface area contributed by atoms with E-state index in [1.54, 1.807) is 12.1 Å². The zero-order valence-corrected chi connectivity index (χ0v) is 12.6. The van der Waals surface area contributed by atoms with Crippen LogP contribution in [0.3, 0.4) is 0 Å². The van der Waals surface area contributed by atoms with E-state index in [0.717, 1.165) is 5.56 Å². The summed E-state index contributed by atoms with van der Waals surface area (Å²) in [6.07, 6.45) is 1.33. The normalized spacial score (nSPS) is 10.8. The molecular formula is C19H13N3O2. The molecule has 0 saturated carbocycles. The second kappa shape index (κ2) is 5.62. The van der Waals surface area contributed by atoms with E-state index in [2.05, 4.69) is 15.0 Å². The molecule has 0 radical (unpaired) electrons. The zero-order valence-electron chi connectivity index (χ0n) is 12.6. The van der Waals surface area contributed by atoms with Crippen molar-refractivity contribution in [1.82, 2.24) is 15.0 Å². The summed E-state index contributed by atoms with van der Waals surface area (Å²) in [7, 11) is 0. The molecule has 0 bridgehead atoms. The van der Waals surface area contributed by atoms with Gasteiger partial charge in [-0.25, -0.2) is 0 Å². The van der Waals surface area contributed by atoms with Crippen LogP contribution in [-0.4, -0.2) is 20.7 Å². The largest absolute Gasteiger partial charge is 0.337 e. The molecule has 0 spiro atoms. The molecule has 4 aromatic rings.